The summed E-state index contributed by atoms with van der Waals surface area (Å²) >= 11 is 2.34. The molecule has 0 bridgehead atoms. The molecule has 0 saturated carbocycles. The lowest BCUT2D eigenvalue weighted by Crippen LogP contribution is -2.52. The molecular formula is C17H25BIN3O3. The Hall–Kier alpha value is -0.675. The predicted molar refractivity (Wildman–Crippen MR) is 106 cm³/mol. The Bertz CT molecular complexity index is 596. The highest BCUT2D eigenvalue weighted by Gasteiger charge is 2.37. The van der Waals surface area contributed by atoms with Crippen LogP contribution in [0.2, 0.25) is 0 Å². The minimum absolute atomic E-state index is 0.0154. The molecule has 1 unspecified atom stereocenters. The molecule has 2 saturated heterocycles. The van der Waals surface area contributed by atoms with E-state index < -0.39 is 13.1 Å². The standard InChI is InChI=1S/C17H25BIN3O3/c19-15-4-1-3-14(11-15)12-20-7-9-21(10-8-20)13-17(23)22-6-2-5-16(22)18(24)25/h1,3-4,11,16,24-25H,2,5-10,12-13H2. The number of carbonyl (C=O) groups is 1. The average Bonchev–Trinajstić information content (AvgIpc) is 3.07. The number of carbonyl (C=O) groups excluding carboxylic acids is 1. The molecule has 2 N–H and O–H groups in total. The van der Waals surface area contributed by atoms with Crippen molar-refractivity contribution in [2.24, 2.45) is 0 Å². The molecule has 2 aliphatic heterocycles. The second kappa shape index (κ2) is 8.81. The van der Waals surface area contributed by atoms with Crippen LogP contribution in [0.4, 0.5) is 0 Å². The van der Waals surface area contributed by atoms with Crippen LogP contribution in [0.1, 0.15) is 18.4 Å². The molecule has 1 amide bonds. The van der Waals surface area contributed by atoms with Crippen molar-refractivity contribution in [1.29, 1.82) is 0 Å². The van der Waals surface area contributed by atoms with Gasteiger partial charge in [-0.2, -0.15) is 0 Å². The molecule has 0 aliphatic carbocycles. The molecule has 2 aliphatic rings. The van der Waals surface area contributed by atoms with Gasteiger partial charge in [-0.3, -0.25) is 14.6 Å². The Balaban J connectivity index is 1.45. The first-order chi connectivity index (χ1) is 12.0. The van der Waals surface area contributed by atoms with Gasteiger partial charge in [0.2, 0.25) is 5.91 Å². The second-order valence-corrected chi connectivity index (χ2v) is 8.14. The number of halogens is 1. The van der Waals surface area contributed by atoms with Crippen LogP contribution in [0.5, 0.6) is 0 Å². The first kappa shape index (κ1) is 19.1. The fraction of sp³-hybridized carbons (Fsp3) is 0.588. The lowest BCUT2D eigenvalue weighted by atomic mass is 9.78. The van der Waals surface area contributed by atoms with E-state index >= 15 is 0 Å². The van der Waals surface area contributed by atoms with Gasteiger partial charge in [-0.05, 0) is 53.1 Å². The number of nitrogens with zero attached hydrogens (tertiary/aromatic N) is 3. The van der Waals surface area contributed by atoms with Crippen molar-refractivity contribution in [3.8, 4) is 0 Å². The lowest BCUT2D eigenvalue weighted by molar-refractivity contribution is -0.132. The van der Waals surface area contributed by atoms with Gasteiger partial charge in [-0.25, -0.2) is 0 Å². The molecule has 2 fully saturated rings. The van der Waals surface area contributed by atoms with Crippen LogP contribution in [0, 0.1) is 3.57 Å². The predicted octanol–water partition coefficient (Wildman–Crippen LogP) is 0.412. The molecule has 1 aromatic carbocycles. The number of likely N-dealkylation sites (tertiary alicyclic amines) is 1. The zero-order valence-electron chi connectivity index (χ0n) is 14.4. The third kappa shape index (κ3) is 5.16. The summed E-state index contributed by atoms with van der Waals surface area (Å²) in [4.78, 5) is 18.7. The molecular weight excluding hydrogens is 432 g/mol. The van der Waals surface area contributed by atoms with E-state index in [0.29, 0.717) is 19.5 Å². The van der Waals surface area contributed by atoms with Crippen molar-refractivity contribution in [2.75, 3.05) is 39.3 Å². The number of hydrogen-bond acceptors (Lipinski definition) is 5. The Morgan fingerprint density at radius 3 is 2.56 bits per heavy atom. The lowest BCUT2D eigenvalue weighted by Gasteiger charge is -2.35. The smallest absolute Gasteiger partial charge is 0.426 e. The van der Waals surface area contributed by atoms with E-state index in [1.54, 1.807) is 4.90 Å². The maximum atomic E-state index is 12.5. The minimum atomic E-state index is -1.43. The van der Waals surface area contributed by atoms with Crippen LogP contribution >= 0.6 is 22.6 Å². The fourth-order valence-electron chi connectivity index (χ4n) is 3.69. The Kier molecular flexibility index (Phi) is 6.73. The molecule has 25 heavy (non-hydrogen) atoms. The maximum absolute atomic E-state index is 12.5. The minimum Gasteiger partial charge on any atom is -0.426 e. The van der Waals surface area contributed by atoms with Crippen LogP contribution in [0.25, 0.3) is 0 Å². The molecule has 0 spiro atoms. The SMILES string of the molecule is O=C(CN1CCN(Cc2cccc(I)c2)CC1)N1CCCC1B(O)O. The topological polar surface area (TPSA) is 67.3 Å². The van der Waals surface area contributed by atoms with Gasteiger partial charge < -0.3 is 14.9 Å². The van der Waals surface area contributed by atoms with E-state index in [1.165, 1.54) is 9.13 Å². The number of rotatable bonds is 5. The molecule has 2 heterocycles. The third-order valence-corrected chi connectivity index (χ3v) is 5.75. The number of hydrogen-bond donors (Lipinski definition) is 2. The van der Waals surface area contributed by atoms with Gasteiger partial charge in [0, 0.05) is 42.8 Å². The molecule has 3 rings (SSSR count). The summed E-state index contributed by atoms with van der Waals surface area (Å²) in [6.07, 6.45) is 1.52. The number of amides is 1. The number of piperazine rings is 1. The van der Waals surface area contributed by atoms with Crippen LogP contribution in [-0.2, 0) is 11.3 Å². The van der Waals surface area contributed by atoms with E-state index in [-0.39, 0.29) is 5.91 Å². The van der Waals surface area contributed by atoms with Crippen LogP contribution in [0.3, 0.4) is 0 Å². The molecule has 1 aromatic rings. The zero-order chi connectivity index (χ0) is 17.8. The van der Waals surface area contributed by atoms with Gasteiger partial charge in [-0.1, -0.05) is 12.1 Å². The largest absolute Gasteiger partial charge is 0.475 e. The average molecular weight is 457 g/mol. The van der Waals surface area contributed by atoms with Crippen LogP contribution in [0.15, 0.2) is 24.3 Å². The quantitative estimate of drug-likeness (QED) is 0.496. The van der Waals surface area contributed by atoms with Crippen LogP contribution in [-0.4, -0.2) is 83.0 Å². The van der Waals surface area contributed by atoms with Crippen molar-refractivity contribution in [3.63, 3.8) is 0 Å². The highest BCUT2D eigenvalue weighted by molar-refractivity contribution is 14.1. The molecule has 8 heteroatoms. The Morgan fingerprint density at radius 2 is 1.88 bits per heavy atom. The first-order valence-corrected chi connectivity index (χ1v) is 9.95. The normalized spacial score (nSPS) is 22.4. The highest BCUT2D eigenvalue weighted by Crippen LogP contribution is 2.19. The summed E-state index contributed by atoms with van der Waals surface area (Å²) in [5.41, 5.74) is 1.33. The summed E-state index contributed by atoms with van der Waals surface area (Å²) < 4.78 is 1.26. The van der Waals surface area contributed by atoms with Crippen molar-refractivity contribution in [3.05, 3.63) is 33.4 Å². The monoisotopic (exact) mass is 457 g/mol. The van der Waals surface area contributed by atoms with Gasteiger partial charge in [0.25, 0.3) is 0 Å². The molecule has 136 valence electrons. The number of benzene rings is 1. The van der Waals surface area contributed by atoms with Gasteiger partial charge in [0.05, 0.1) is 12.5 Å². The second-order valence-electron chi connectivity index (χ2n) is 6.89. The Morgan fingerprint density at radius 1 is 1.16 bits per heavy atom. The zero-order valence-corrected chi connectivity index (χ0v) is 16.5. The van der Waals surface area contributed by atoms with E-state index in [0.717, 1.165) is 39.1 Å². The summed E-state index contributed by atoms with van der Waals surface area (Å²) in [5, 5.41) is 18.8. The van der Waals surface area contributed by atoms with Crippen molar-refractivity contribution in [1.82, 2.24) is 14.7 Å². The van der Waals surface area contributed by atoms with Crippen molar-refractivity contribution in [2.45, 2.75) is 25.3 Å². The van der Waals surface area contributed by atoms with E-state index in [9.17, 15) is 14.8 Å². The molecule has 6 nitrogen and oxygen atoms in total. The first-order valence-electron chi connectivity index (χ1n) is 8.87. The van der Waals surface area contributed by atoms with Gasteiger partial charge in [-0.15, -0.1) is 0 Å². The van der Waals surface area contributed by atoms with Gasteiger partial charge in [0.15, 0.2) is 0 Å². The highest BCUT2D eigenvalue weighted by atomic mass is 127. The molecule has 0 aromatic heterocycles. The maximum Gasteiger partial charge on any atom is 0.475 e. The fourth-order valence-corrected chi connectivity index (χ4v) is 4.30. The summed E-state index contributed by atoms with van der Waals surface area (Å²) in [6, 6.07) is 8.56. The van der Waals surface area contributed by atoms with Gasteiger partial charge in [0.1, 0.15) is 0 Å². The van der Waals surface area contributed by atoms with Crippen molar-refractivity contribution < 1.29 is 14.8 Å². The van der Waals surface area contributed by atoms with E-state index in [2.05, 4.69) is 56.7 Å². The summed E-state index contributed by atoms with van der Waals surface area (Å²) in [7, 11) is -1.43. The Labute approximate surface area is 163 Å². The molecule has 0 radical (unpaired) electrons. The van der Waals surface area contributed by atoms with E-state index in [4.69, 9.17) is 0 Å². The van der Waals surface area contributed by atoms with Gasteiger partial charge >= 0.3 is 7.12 Å². The third-order valence-electron chi connectivity index (χ3n) is 5.08. The van der Waals surface area contributed by atoms with E-state index in [1.807, 2.05) is 0 Å². The van der Waals surface area contributed by atoms with Crippen LogP contribution < -0.4 is 0 Å². The summed E-state index contributed by atoms with van der Waals surface area (Å²) in [6.45, 7) is 5.60. The summed E-state index contributed by atoms with van der Waals surface area (Å²) in [5.74, 6) is -0.420. The molecule has 1 atom stereocenters. The van der Waals surface area contributed by atoms with Crippen molar-refractivity contribution >= 4 is 35.6 Å².